The number of carbonyl (C=O) groups excluding carboxylic acids is 1. The van der Waals surface area contributed by atoms with Gasteiger partial charge in [-0.2, -0.15) is 0 Å². The number of aliphatic hydroxyl groups is 1. The van der Waals surface area contributed by atoms with Crippen LogP contribution in [-0.2, 0) is 11.3 Å². The number of ketones is 1. The second-order valence-electron chi connectivity index (χ2n) is 5.73. The van der Waals surface area contributed by atoms with Crippen LogP contribution < -0.4 is 10.2 Å². The molecule has 3 rings (SSSR count). The van der Waals surface area contributed by atoms with Gasteiger partial charge in [-0.25, -0.2) is 0 Å². The predicted molar refractivity (Wildman–Crippen MR) is 89.7 cm³/mol. The van der Waals surface area contributed by atoms with Crippen molar-refractivity contribution in [3.8, 4) is 0 Å². The molecule has 3 N–H and O–H groups in total. The van der Waals surface area contributed by atoms with Crippen LogP contribution in [0.1, 0.15) is 16.1 Å². The molecule has 6 heteroatoms. The maximum Gasteiger partial charge on any atom is 0.266 e. The summed E-state index contributed by atoms with van der Waals surface area (Å²) in [5, 5.41) is 11.8. The molecule has 1 aromatic heterocycles. The fourth-order valence-electron chi connectivity index (χ4n) is 2.69. The Labute approximate surface area is 141 Å². The molecule has 0 unspecified atom stereocenters. The number of morpholine rings is 1. The van der Waals surface area contributed by atoms with E-state index in [2.05, 4.69) is 9.88 Å². The first kappa shape index (κ1) is 16.6. The number of quaternary nitrogens is 1. The van der Waals surface area contributed by atoms with Gasteiger partial charge in [0, 0.05) is 30.5 Å². The van der Waals surface area contributed by atoms with Crippen LogP contribution in [0.25, 0.3) is 0 Å². The number of benzene rings is 1. The Morgan fingerprint density at radius 3 is 2.75 bits per heavy atom. The van der Waals surface area contributed by atoms with Crippen LogP contribution in [-0.4, -0.2) is 48.4 Å². The first-order chi connectivity index (χ1) is 11.7. The zero-order chi connectivity index (χ0) is 16.8. The summed E-state index contributed by atoms with van der Waals surface area (Å²) in [6, 6.07) is 13.4. The highest BCUT2D eigenvalue weighted by molar-refractivity contribution is 5.97. The minimum absolute atomic E-state index is 0.288. The molecular weight excluding hydrogens is 306 g/mol. The highest BCUT2D eigenvalue weighted by Crippen LogP contribution is 2.16. The number of ether oxygens (including phenoxy) is 1. The molecule has 0 amide bonds. The van der Waals surface area contributed by atoms with Crippen LogP contribution >= 0.6 is 0 Å². The van der Waals surface area contributed by atoms with E-state index < -0.39 is 6.23 Å². The summed E-state index contributed by atoms with van der Waals surface area (Å²) < 4.78 is 5.34. The summed E-state index contributed by atoms with van der Waals surface area (Å²) >= 11 is 0. The number of hydrogen-bond acceptors (Lipinski definition) is 5. The number of nitrogens with zero attached hydrogens (tertiary/aromatic N) is 2. The van der Waals surface area contributed by atoms with E-state index in [0.717, 1.165) is 24.3 Å². The molecule has 2 heterocycles. The van der Waals surface area contributed by atoms with Crippen LogP contribution in [0, 0.1) is 0 Å². The van der Waals surface area contributed by atoms with Gasteiger partial charge in [0.2, 0.25) is 0 Å². The third-order valence-electron chi connectivity index (χ3n) is 4.06. The van der Waals surface area contributed by atoms with Gasteiger partial charge in [-0.05, 0) is 12.1 Å². The van der Waals surface area contributed by atoms with Gasteiger partial charge in [-0.3, -0.25) is 9.78 Å². The summed E-state index contributed by atoms with van der Waals surface area (Å²) in [5.74, 6) is -0.374. The summed E-state index contributed by atoms with van der Waals surface area (Å²) in [5.41, 5.74) is 2.28. The van der Waals surface area contributed by atoms with Crippen LogP contribution in [0.15, 0.2) is 48.7 Å². The zero-order valence-electron chi connectivity index (χ0n) is 13.5. The van der Waals surface area contributed by atoms with Gasteiger partial charge < -0.3 is 20.1 Å². The number of anilines is 1. The molecule has 0 radical (unpaired) electrons. The van der Waals surface area contributed by atoms with E-state index in [0.29, 0.717) is 19.8 Å². The van der Waals surface area contributed by atoms with Gasteiger partial charge in [0.15, 0.2) is 0 Å². The van der Waals surface area contributed by atoms with Crippen molar-refractivity contribution in [2.45, 2.75) is 12.8 Å². The molecule has 1 aliphatic rings. The van der Waals surface area contributed by atoms with Crippen molar-refractivity contribution >= 4 is 11.5 Å². The molecule has 0 saturated carbocycles. The zero-order valence-corrected chi connectivity index (χ0v) is 13.5. The quantitative estimate of drug-likeness (QED) is 0.584. The van der Waals surface area contributed by atoms with Gasteiger partial charge >= 0.3 is 0 Å². The first-order valence-electron chi connectivity index (χ1n) is 8.12. The summed E-state index contributed by atoms with van der Waals surface area (Å²) in [4.78, 5) is 18.7. The van der Waals surface area contributed by atoms with E-state index in [1.807, 2.05) is 36.4 Å². The molecule has 126 valence electrons. The number of pyridine rings is 1. The largest absolute Gasteiger partial charge is 0.378 e. The minimum Gasteiger partial charge on any atom is -0.378 e. The summed E-state index contributed by atoms with van der Waals surface area (Å²) in [7, 11) is 0. The third-order valence-corrected chi connectivity index (χ3v) is 4.06. The standard InChI is InChI=1S/C18H21N3O3/c22-17(18(23)20-13-14-4-2-1-3-5-14)16-12-15(6-7-19-16)21-8-10-24-11-9-21/h1-7,12,18,20,23H,8-11,13H2/p+1/t18-/m0/s1. The van der Waals surface area contributed by atoms with Crippen molar-refractivity contribution in [1.29, 1.82) is 0 Å². The Morgan fingerprint density at radius 2 is 2.00 bits per heavy atom. The maximum absolute atomic E-state index is 12.4. The van der Waals surface area contributed by atoms with E-state index in [1.165, 1.54) is 0 Å². The lowest BCUT2D eigenvalue weighted by atomic mass is 10.2. The molecule has 0 spiro atoms. The van der Waals surface area contributed by atoms with E-state index in [-0.39, 0.29) is 11.5 Å². The Morgan fingerprint density at radius 1 is 1.25 bits per heavy atom. The van der Waals surface area contributed by atoms with E-state index in [4.69, 9.17) is 4.74 Å². The molecule has 0 bridgehead atoms. The average Bonchev–Trinajstić information content (AvgIpc) is 2.67. The molecule has 1 fully saturated rings. The van der Waals surface area contributed by atoms with Gasteiger partial charge in [0.25, 0.3) is 12.0 Å². The van der Waals surface area contributed by atoms with E-state index >= 15 is 0 Å². The summed E-state index contributed by atoms with van der Waals surface area (Å²) in [6.45, 7) is 3.48. The normalized spacial score (nSPS) is 16.0. The van der Waals surface area contributed by atoms with Crippen LogP contribution in [0.2, 0.25) is 0 Å². The monoisotopic (exact) mass is 328 g/mol. The van der Waals surface area contributed by atoms with Crippen molar-refractivity contribution < 1.29 is 20.0 Å². The molecular formula is C18H22N3O3+. The number of aliphatic hydroxyl groups excluding tert-OH is 1. The lowest BCUT2D eigenvalue weighted by Gasteiger charge is -2.28. The van der Waals surface area contributed by atoms with Crippen LogP contribution in [0.5, 0.6) is 0 Å². The molecule has 1 atom stereocenters. The molecule has 1 aliphatic heterocycles. The minimum atomic E-state index is -1.15. The van der Waals surface area contributed by atoms with Crippen LogP contribution in [0.4, 0.5) is 5.69 Å². The van der Waals surface area contributed by atoms with E-state index in [1.54, 1.807) is 17.6 Å². The van der Waals surface area contributed by atoms with Crippen molar-refractivity contribution in [3.05, 3.63) is 59.9 Å². The Bertz CT molecular complexity index is 672. The van der Waals surface area contributed by atoms with Crippen molar-refractivity contribution in [3.63, 3.8) is 0 Å². The lowest BCUT2D eigenvalue weighted by molar-refractivity contribution is -0.722. The Kier molecular flexibility index (Phi) is 5.53. The number of hydrogen-bond donors (Lipinski definition) is 2. The van der Waals surface area contributed by atoms with Crippen molar-refractivity contribution in [2.75, 3.05) is 31.2 Å². The van der Waals surface area contributed by atoms with Crippen molar-refractivity contribution in [2.24, 2.45) is 0 Å². The molecule has 1 aromatic carbocycles. The molecule has 6 nitrogen and oxygen atoms in total. The van der Waals surface area contributed by atoms with E-state index in [9.17, 15) is 9.90 Å². The van der Waals surface area contributed by atoms with Gasteiger partial charge in [0.05, 0.1) is 13.2 Å². The number of rotatable bonds is 6. The topological polar surface area (TPSA) is 79.3 Å². The highest BCUT2D eigenvalue weighted by atomic mass is 16.5. The number of carbonyl (C=O) groups is 1. The molecule has 2 aromatic rings. The molecule has 0 aliphatic carbocycles. The second kappa shape index (κ2) is 8.01. The van der Waals surface area contributed by atoms with Crippen molar-refractivity contribution in [1.82, 2.24) is 4.98 Å². The second-order valence-corrected chi connectivity index (χ2v) is 5.73. The van der Waals surface area contributed by atoms with Gasteiger partial charge in [0.1, 0.15) is 12.2 Å². The Hall–Kier alpha value is -2.28. The fourth-order valence-corrected chi connectivity index (χ4v) is 2.69. The van der Waals surface area contributed by atoms with Gasteiger partial charge in [-0.15, -0.1) is 0 Å². The number of nitrogens with two attached hydrogens (primary N) is 1. The number of Topliss-reactive ketones (excluding diaryl/α,β-unsaturated/α-hetero) is 1. The average molecular weight is 328 g/mol. The first-order valence-corrected chi connectivity index (χ1v) is 8.12. The summed E-state index contributed by atoms with van der Waals surface area (Å²) in [6.07, 6.45) is 0.458. The SMILES string of the molecule is O=C(c1cc(N2CCOCC2)ccn1)[C@H](O)[NH2+]Cc1ccccc1. The smallest absolute Gasteiger partial charge is 0.266 e. The predicted octanol–water partition coefficient (Wildman–Crippen LogP) is 0.183. The molecule has 1 saturated heterocycles. The third kappa shape index (κ3) is 4.17. The van der Waals surface area contributed by atoms with Gasteiger partial charge in [-0.1, -0.05) is 30.3 Å². The van der Waals surface area contributed by atoms with Crippen LogP contribution in [0.3, 0.4) is 0 Å². The molecule has 24 heavy (non-hydrogen) atoms. The number of aromatic nitrogens is 1. The maximum atomic E-state index is 12.4. The fraction of sp³-hybridized carbons (Fsp3) is 0.333. The Balaban J connectivity index is 1.63. The highest BCUT2D eigenvalue weighted by Gasteiger charge is 2.23. The lowest BCUT2D eigenvalue weighted by Crippen LogP contribution is -2.90.